The Labute approximate surface area is 123 Å². The van der Waals surface area contributed by atoms with Gasteiger partial charge in [-0.3, -0.25) is 0 Å². The molecule has 5 nitrogen and oxygen atoms in total. The van der Waals surface area contributed by atoms with Crippen molar-refractivity contribution in [2.75, 3.05) is 19.0 Å². The Hall–Kier alpha value is -2.56. The molecule has 0 aliphatic rings. The number of rotatable bonds is 6. The Morgan fingerprint density at radius 3 is 2.71 bits per heavy atom. The Morgan fingerprint density at radius 1 is 1.29 bits per heavy atom. The molecule has 0 unspecified atom stereocenters. The number of benzene rings is 1. The summed E-state index contributed by atoms with van der Waals surface area (Å²) in [5.74, 6) is 0.581. The number of carboxylic acids is 1. The summed E-state index contributed by atoms with van der Waals surface area (Å²) in [6, 6.07) is 11.1. The van der Waals surface area contributed by atoms with Crippen LogP contribution in [0.4, 0.5) is 5.82 Å². The minimum atomic E-state index is -0.958. The number of hydrogen-bond donors (Lipinski definition) is 2. The van der Waals surface area contributed by atoms with Crippen molar-refractivity contribution in [3.05, 3.63) is 53.2 Å². The first-order valence-corrected chi connectivity index (χ1v) is 6.68. The van der Waals surface area contributed by atoms with Gasteiger partial charge in [0.15, 0.2) is 0 Å². The van der Waals surface area contributed by atoms with Gasteiger partial charge in [-0.2, -0.15) is 0 Å². The van der Waals surface area contributed by atoms with Crippen LogP contribution in [0.5, 0.6) is 5.75 Å². The van der Waals surface area contributed by atoms with Gasteiger partial charge in [0, 0.05) is 6.54 Å². The van der Waals surface area contributed by atoms with Crippen molar-refractivity contribution >= 4 is 11.8 Å². The van der Waals surface area contributed by atoms with Crippen molar-refractivity contribution in [3.8, 4) is 5.75 Å². The minimum Gasteiger partial charge on any atom is -0.496 e. The smallest absolute Gasteiger partial charge is 0.337 e. The molecular weight excluding hydrogens is 268 g/mol. The van der Waals surface area contributed by atoms with E-state index in [2.05, 4.69) is 10.3 Å². The molecule has 0 amide bonds. The highest BCUT2D eigenvalue weighted by molar-refractivity contribution is 5.89. The highest BCUT2D eigenvalue weighted by Gasteiger charge is 2.08. The number of nitrogens with zero attached hydrogens (tertiary/aromatic N) is 1. The number of hydrogen-bond acceptors (Lipinski definition) is 4. The van der Waals surface area contributed by atoms with Crippen LogP contribution in [0, 0.1) is 6.92 Å². The van der Waals surface area contributed by atoms with E-state index in [0.717, 1.165) is 17.7 Å². The molecule has 0 radical (unpaired) electrons. The molecule has 21 heavy (non-hydrogen) atoms. The lowest BCUT2D eigenvalue weighted by Gasteiger charge is -2.10. The lowest BCUT2D eigenvalue weighted by molar-refractivity contribution is 0.0695. The molecule has 0 aliphatic heterocycles. The molecule has 0 saturated carbocycles. The number of carbonyl (C=O) groups is 1. The number of nitrogens with one attached hydrogen (secondary N) is 1. The third kappa shape index (κ3) is 3.72. The lowest BCUT2D eigenvalue weighted by Crippen LogP contribution is -2.09. The zero-order chi connectivity index (χ0) is 15.2. The van der Waals surface area contributed by atoms with Crippen molar-refractivity contribution in [2.24, 2.45) is 0 Å². The summed E-state index contributed by atoms with van der Waals surface area (Å²) >= 11 is 0. The number of carboxylic acid groups (broad SMARTS) is 1. The molecule has 0 aliphatic carbocycles. The summed E-state index contributed by atoms with van der Waals surface area (Å²) in [4.78, 5) is 15.2. The first kappa shape index (κ1) is 14.8. The number of methoxy groups -OCH3 is 1. The summed E-state index contributed by atoms with van der Waals surface area (Å²) in [5, 5.41) is 12.2. The maximum atomic E-state index is 10.9. The van der Waals surface area contributed by atoms with Gasteiger partial charge in [0.25, 0.3) is 0 Å². The molecule has 0 bridgehead atoms. The van der Waals surface area contributed by atoms with E-state index in [0.29, 0.717) is 18.1 Å². The highest BCUT2D eigenvalue weighted by Crippen LogP contribution is 2.18. The highest BCUT2D eigenvalue weighted by atomic mass is 16.5. The van der Waals surface area contributed by atoms with Gasteiger partial charge in [0.2, 0.25) is 0 Å². The molecule has 2 aromatic rings. The molecule has 1 aromatic heterocycles. The predicted octanol–water partition coefficient (Wildman–Crippen LogP) is 2.75. The van der Waals surface area contributed by atoms with Gasteiger partial charge in [0.1, 0.15) is 11.6 Å². The fraction of sp³-hybridized carbons (Fsp3) is 0.250. The maximum Gasteiger partial charge on any atom is 0.337 e. The van der Waals surface area contributed by atoms with Crippen molar-refractivity contribution in [1.29, 1.82) is 0 Å². The zero-order valence-electron chi connectivity index (χ0n) is 12.1. The van der Waals surface area contributed by atoms with Crippen LogP contribution in [0.2, 0.25) is 0 Å². The molecule has 2 rings (SSSR count). The van der Waals surface area contributed by atoms with Gasteiger partial charge >= 0.3 is 5.97 Å². The number of ether oxygens (including phenoxy) is 1. The second-order valence-corrected chi connectivity index (χ2v) is 4.62. The monoisotopic (exact) mass is 286 g/mol. The van der Waals surface area contributed by atoms with Crippen LogP contribution in [0.15, 0.2) is 36.4 Å². The van der Waals surface area contributed by atoms with E-state index in [9.17, 15) is 4.79 Å². The molecule has 5 heteroatoms. The van der Waals surface area contributed by atoms with E-state index in [1.165, 1.54) is 0 Å². The van der Waals surface area contributed by atoms with Crippen molar-refractivity contribution in [3.63, 3.8) is 0 Å². The van der Waals surface area contributed by atoms with E-state index in [1.807, 2.05) is 24.3 Å². The molecular formula is C16H18N2O3. The van der Waals surface area contributed by atoms with Crippen molar-refractivity contribution < 1.29 is 14.6 Å². The van der Waals surface area contributed by atoms with Crippen molar-refractivity contribution in [1.82, 2.24) is 4.98 Å². The molecule has 0 spiro atoms. The fourth-order valence-corrected chi connectivity index (χ4v) is 2.12. The number of anilines is 1. The number of aromatic carboxylic acids is 1. The summed E-state index contributed by atoms with van der Waals surface area (Å²) in [6.07, 6.45) is 0.797. The van der Waals surface area contributed by atoms with E-state index in [4.69, 9.17) is 9.84 Å². The first-order chi connectivity index (χ1) is 10.1. The van der Waals surface area contributed by atoms with Crippen LogP contribution >= 0.6 is 0 Å². The van der Waals surface area contributed by atoms with Crippen LogP contribution in [0.1, 0.15) is 21.6 Å². The molecule has 0 fully saturated rings. The van der Waals surface area contributed by atoms with Gasteiger partial charge < -0.3 is 15.2 Å². The topological polar surface area (TPSA) is 71.5 Å². The van der Waals surface area contributed by atoms with E-state index in [-0.39, 0.29) is 5.56 Å². The molecule has 0 saturated heterocycles. The van der Waals surface area contributed by atoms with Gasteiger partial charge in [-0.1, -0.05) is 18.2 Å². The third-order valence-electron chi connectivity index (χ3n) is 3.21. The lowest BCUT2D eigenvalue weighted by atomic mass is 10.1. The Morgan fingerprint density at radius 2 is 2.05 bits per heavy atom. The SMILES string of the molecule is COc1ccccc1CCNc1ccc(C(=O)O)c(C)n1. The first-order valence-electron chi connectivity index (χ1n) is 6.68. The molecule has 110 valence electrons. The number of pyridine rings is 1. The van der Waals surface area contributed by atoms with E-state index in [1.54, 1.807) is 26.2 Å². The van der Waals surface area contributed by atoms with Gasteiger partial charge in [0.05, 0.1) is 18.4 Å². The van der Waals surface area contributed by atoms with E-state index >= 15 is 0 Å². The maximum absolute atomic E-state index is 10.9. The van der Waals surface area contributed by atoms with Crippen LogP contribution in [-0.2, 0) is 6.42 Å². The Bertz CT molecular complexity index is 641. The minimum absolute atomic E-state index is 0.227. The van der Waals surface area contributed by atoms with E-state index < -0.39 is 5.97 Å². The van der Waals surface area contributed by atoms with Gasteiger partial charge in [-0.05, 0) is 37.1 Å². The summed E-state index contributed by atoms with van der Waals surface area (Å²) < 4.78 is 5.30. The molecule has 2 N–H and O–H groups in total. The molecule has 1 heterocycles. The third-order valence-corrected chi connectivity index (χ3v) is 3.21. The second kappa shape index (κ2) is 6.74. The zero-order valence-corrected chi connectivity index (χ0v) is 12.1. The molecule has 0 atom stereocenters. The summed E-state index contributed by atoms with van der Waals surface area (Å²) in [7, 11) is 1.65. The van der Waals surface area contributed by atoms with Crippen LogP contribution in [-0.4, -0.2) is 29.7 Å². The Kier molecular flexibility index (Phi) is 4.77. The summed E-state index contributed by atoms with van der Waals surface area (Å²) in [5.41, 5.74) is 1.85. The molecule has 1 aromatic carbocycles. The standard InChI is InChI=1S/C16H18N2O3/c1-11-13(16(19)20)7-8-15(18-11)17-10-9-12-5-3-4-6-14(12)21-2/h3-8H,9-10H2,1-2H3,(H,17,18)(H,19,20). The quantitative estimate of drug-likeness (QED) is 0.854. The average Bonchev–Trinajstić information content (AvgIpc) is 2.47. The predicted molar refractivity (Wildman–Crippen MR) is 81.1 cm³/mol. The number of aromatic nitrogens is 1. The number of para-hydroxylation sites is 1. The van der Waals surface area contributed by atoms with Crippen LogP contribution in [0.3, 0.4) is 0 Å². The second-order valence-electron chi connectivity index (χ2n) is 4.62. The summed E-state index contributed by atoms with van der Waals surface area (Å²) in [6.45, 7) is 2.38. The van der Waals surface area contributed by atoms with Gasteiger partial charge in [-0.25, -0.2) is 9.78 Å². The Balaban J connectivity index is 1.97. The van der Waals surface area contributed by atoms with Gasteiger partial charge in [-0.15, -0.1) is 0 Å². The van der Waals surface area contributed by atoms with Crippen LogP contribution in [0.25, 0.3) is 0 Å². The van der Waals surface area contributed by atoms with Crippen molar-refractivity contribution in [2.45, 2.75) is 13.3 Å². The average molecular weight is 286 g/mol. The largest absolute Gasteiger partial charge is 0.496 e. The van der Waals surface area contributed by atoms with Crippen LogP contribution < -0.4 is 10.1 Å². The fourth-order valence-electron chi connectivity index (χ4n) is 2.12. The number of aryl methyl sites for hydroxylation is 1. The normalized spacial score (nSPS) is 10.2.